The summed E-state index contributed by atoms with van der Waals surface area (Å²) in [4.78, 5) is 24.8. The minimum Gasteiger partial charge on any atom is -0.462 e. The minimum atomic E-state index is -0.592. The van der Waals surface area contributed by atoms with Crippen LogP contribution in [0.2, 0.25) is 0 Å². The molecule has 0 aliphatic carbocycles. The molecule has 0 aliphatic heterocycles. The maximum atomic E-state index is 12.6. The van der Waals surface area contributed by atoms with Crippen molar-refractivity contribution in [2.45, 2.75) is 27.3 Å². The predicted octanol–water partition coefficient (Wildman–Crippen LogP) is 3.98. The predicted molar refractivity (Wildman–Crippen MR) is 103 cm³/mol. The van der Waals surface area contributed by atoms with Crippen LogP contribution in [-0.2, 0) is 20.9 Å². The summed E-state index contributed by atoms with van der Waals surface area (Å²) in [5.41, 5.74) is 2.37. The van der Waals surface area contributed by atoms with Gasteiger partial charge < -0.3 is 10.1 Å². The summed E-state index contributed by atoms with van der Waals surface area (Å²) in [7, 11) is 0. The Balaban J connectivity index is 2.38. The largest absolute Gasteiger partial charge is 0.462 e. The lowest BCUT2D eigenvalue weighted by molar-refractivity contribution is -0.141. The molecule has 4 heteroatoms. The number of benzene rings is 2. The number of nitrogens with one attached hydrogen (secondary N) is 1. The van der Waals surface area contributed by atoms with Gasteiger partial charge in [0.15, 0.2) is 5.78 Å². The Kier molecular flexibility index (Phi) is 7.15. The van der Waals surface area contributed by atoms with Crippen LogP contribution in [0.15, 0.2) is 66.2 Å². The van der Waals surface area contributed by atoms with Gasteiger partial charge in [0, 0.05) is 6.54 Å². The molecule has 26 heavy (non-hydrogen) atoms. The van der Waals surface area contributed by atoms with Crippen molar-refractivity contribution in [3.05, 3.63) is 77.4 Å². The van der Waals surface area contributed by atoms with Gasteiger partial charge in [0.25, 0.3) is 0 Å². The molecule has 0 radical (unpaired) electrons. The van der Waals surface area contributed by atoms with Crippen LogP contribution in [0.25, 0.3) is 5.70 Å². The maximum Gasteiger partial charge on any atom is 0.343 e. The maximum absolute atomic E-state index is 12.6. The van der Waals surface area contributed by atoms with Crippen LogP contribution < -0.4 is 5.32 Å². The number of ether oxygens (including phenoxy) is 1. The molecule has 0 saturated carbocycles. The van der Waals surface area contributed by atoms with Gasteiger partial charge in [-0.2, -0.15) is 0 Å². The van der Waals surface area contributed by atoms with Gasteiger partial charge in [0.1, 0.15) is 5.57 Å². The molecule has 2 rings (SSSR count). The van der Waals surface area contributed by atoms with E-state index in [0.717, 1.165) is 11.1 Å². The molecule has 0 saturated heterocycles. The second-order valence-electron chi connectivity index (χ2n) is 6.50. The van der Waals surface area contributed by atoms with E-state index in [0.29, 0.717) is 12.2 Å². The lowest BCUT2D eigenvalue weighted by atomic mass is 10.0. The molecule has 136 valence electrons. The van der Waals surface area contributed by atoms with Crippen molar-refractivity contribution >= 4 is 17.4 Å². The van der Waals surface area contributed by atoms with Crippen LogP contribution in [0.1, 0.15) is 31.9 Å². The highest BCUT2D eigenvalue weighted by Crippen LogP contribution is 2.19. The average Bonchev–Trinajstić information content (AvgIpc) is 2.64. The number of hydrogen-bond acceptors (Lipinski definition) is 4. The monoisotopic (exact) mass is 351 g/mol. The fourth-order valence-electron chi connectivity index (χ4n) is 2.46. The Morgan fingerprint density at radius 1 is 0.962 bits per heavy atom. The summed E-state index contributed by atoms with van der Waals surface area (Å²) in [5, 5.41) is 3.26. The fraction of sp³-hybridized carbons (Fsp3) is 0.273. The molecular formula is C22H25NO3. The second kappa shape index (κ2) is 9.56. The third kappa shape index (κ3) is 5.59. The first-order chi connectivity index (χ1) is 12.5. The van der Waals surface area contributed by atoms with E-state index < -0.39 is 5.97 Å². The summed E-state index contributed by atoms with van der Waals surface area (Å²) >= 11 is 0. The smallest absolute Gasteiger partial charge is 0.343 e. The third-order valence-electron chi connectivity index (χ3n) is 3.73. The summed E-state index contributed by atoms with van der Waals surface area (Å²) in [6.07, 6.45) is 0. The molecule has 0 unspecified atom stereocenters. The summed E-state index contributed by atoms with van der Waals surface area (Å²) in [6.45, 7) is 6.07. The molecule has 0 spiro atoms. The van der Waals surface area contributed by atoms with Crippen LogP contribution in [0.4, 0.5) is 0 Å². The Morgan fingerprint density at radius 3 is 2.08 bits per heavy atom. The van der Waals surface area contributed by atoms with Gasteiger partial charge in [-0.3, -0.25) is 4.79 Å². The Bertz CT molecular complexity index is 764. The molecule has 0 atom stereocenters. The number of Topliss-reactive ketones (excluding diaryl/α,β-unsaturated/α-hetero) is 1. The minimum absolute atomic E-state index is 0.0489. The molecule has 1 N–H and O–H groups in total. The third-order valence-corrected chi connectivity index (χ3v) is 3.73. The molecular weight excluding hydrogens is 326 g/mol. The van der Waals surface area contributed by atoms with Crippen molar-refractivity contribution in [3.8, 4) is 0 Å². The van der Waals surface area contributed by atoms with E-state index >= 15 is 0 Å². The van der Waals surface area contributed by atoms with Crippen LogP contribution >= 0.6 is 0 Å². The topological polar surface area (TPSA) is 55.4 Å². The van der Waals surface area contributed by atoms with Crippen molar-refractivity contribution in [1.82, 2.24) is 5.32 Å². The SMILES string of the molecule is CC(=O)C(C(=O)OCC(C)C)=C(NCc1ccccc1)c1ccccc1. The molecule has 0 aromatic heterocycles. The van der Waals surface area contributed by atoms with Gasteiger partial charge in [0.05, 0.1) is 12.3 Å². The van der Waals surface area contributed by atoms with E-state index in [1.165, 1.54) is 6.92 Å². The molecule has 0 aliphatic rings. The molecule has 2 aromatic carbocycles. The van der Waals surface area contributed by atoms with Crippen molar-refractivity contribution < 1.29 is 14.3 Å². The molecule has 0 bridgehead atoms. The van der Waals surface area contributed by atoms with Crippen molar-refractivity contribution in [2.75, 3.05) is 6.61 Å². The van der Waals surface area contributed by atoms with Crippen molar-refractivity contribution in [3.63, 3.8) is 0 Å². The highest BCUT2D eigenvalue weighted by molar-refractivity contribution is 6.21. The van der Waals surface area contributed by atoms with Gasteiger partial charge in [0.2, 0.25) is 0 Å². The van der Waals surface area contributed by atoms with E-state index in [2.05, 4.69) is 5.32 Å². The van der Waals surface area contributed by atoms with Crippen LogP contribution in [-0.4, -0.2) is 18.4 Å². The number of carbonyl (C=O) groups excluding carboxylic acids is 2. The zero-order chi connectivity index (χ0) is 18.9. The van der Waals surface area contributed by atoms with Gasteiger partial charge in [-0.05, 0) is 24.0 Å². The van der Waals surface area contributed by atoms with Crippen LogP contribution in [0, 0.1) is 5.92 Å². The summed E-state index contributed by atoms with van der Waals surface area (Å²) in [5.74, 6) is -0.714. The van der Waals surface area contributed by atoms with Crippen molar-refractivity contribution in [1.29, 1.82) is 0 Å². The number of ketones is 1. The highest BCUT2D eigenvalue weighted by Gasteiger charge is 2.23. The number of esters is 1. The molecule has 0 amide bonds. The van der Waals surface area contributed by atoms with Gasteiger partial charge >= 0.3 is 5.97 Å². The van der Waals surface area contributed by atoms with E-state index in [1.54, 1.807) is 0 Å². The first-order valence-electron chi connectivity index (χ1n) is 8.74. The zero-order valence-electron chi connectivity index (χ0n) is 15.5. The Labute approximate surface area is 154 Å². The molecule has 2 aromatic rings. The molecule has 4 nitrogen and oxygen atoms in total. The number of carbonyl (C=O) groups is 2. The number of hydrogen-bond donors (Lipinski definition) is 1. The molecule has 0 fully saturated rings. The van der Waals surface area contributed by atoms with Gasteiger partial charge in [-0.25, -0.2) is 4.79 Å². The zero-order valence-corrected chi connectivity index (χ0v) is 15.5. The fourth-order valence-corrected chi connectivity index (χ4v) is 2.46. The van der Waals surface area contributed by atoms with E-state index in [1.807, 2.05) is 74.5 Å². The first-order valence-corrected chi connectivity index (χ1v) is 8.74. The van der Waals surface area contributed by atoms with Gasteiger partial charge in [-0.15, -0.1) is 0 Å². The van der Waals surface area contributed by atoms with E-state index in [9.17, 15) is 9.59 Å². The quantitative estimate of drug-likeness (QED) is 0.338. The van der Waals surface area contributed by atoms with E-state index in [-0.39, 0.29) is 23.9 Å². The van der Waals surface area contributed by atoms with Crippen LogP contribution in [0.5, 0.6) is 0 Å². The molecule has 0 heterocycles. The van der Waals surface area contributed by atoms with E-state index in [4.69, 9.17) is 4.74 Å². The Morgan fingerprint density at radius 2 is 1.54 bits per heavy atom. The standard InChI is InChI=1S/C22H25NO3/c1-16(2)15-26-22(25)20(17(3)24)21(19-12-8-5-9-13-19)23-14-18-10-6-4-7-11-18/h4-13,16,23H,14-15H2,1-3H3. The average molecular weight is 351 g/mol. The summed E-state index contributed by atoms with van der Waals surface area (Å²) < 4.78 is 5.32. The second-order valence-corrected chi connectivity index (χ2v) is 6.50. The van der Waals surface area contributed by atoms with Crippen molar-refractivity contribution in [2.24, 2.45) is 5.92 Å². The van der Waals surface area contributed by atoms with Gasteiger partial charge in [-0.1, -0.05) is 74.5 Å². The highest BCUT2D eigenvalue weighted by atomic mass is 16.5. The lowest BCUT2D eigenvalue weighted by Gasteiger charge is -2.16. The lowest BCUT2D eigenvalue weighted by Crippen LogP contribution is -2.23. The Hall–Kier alpha value is -2.88. The van der Waals surface area contributed by atoms with Crippen LogP contribution in [0.3, 0.4) is 0 Å². The first kappa shape index (κ1) is 19.4. The number of rotatable bonds is 8. The summed E-state index contributed by atoms with van der Waals surface area (Å²) in [6, 6.07) is 19.2. The normalized spacial score (nSPS) is 11.7.